The summed E-state index contributed by atoms with van der Waals surface area (Å²) in [4.78, 5) is 0. The Bertz CT molecular complexity index is 339. The molecule has 0 saturated heterocycles. The maximum atomic E-state index is 5.49. The average Bonchev–Trinajstić information content (AvgIpc) is 2.50. The lowest BCUT2D eigenvalue weighted by molar-refractivity contribution is -0.908. The van der Waals surface area contributed by atoms with Gasteiger partial charge in [0.25, 0.3) is 0 Å². The Balaban J connectivity index is 0. The highest BCUT2D eigenvalue weighted by Crippen LogP contribution is 2.13. The van der Waals surface area contributed by atoms with Crippen LogP contribution in [0.1, 0.15) is 71.1 Å². The number of hydrogen-bond donors (Lipinski definition) is 0. The molecule has 1 nitrogen and oxygen atoms in total. The van der Waals surface area contributed by atoms with Crippen LogP contribution < -0.4 is 17.0 Å². The smallest absolute Gasteiger partial charge is 0.142 e. The molecule has 0 fully saturated rings. The number of unbranched alkanes of at least 4 members (excludes halogenated alkanes) is 9. The van der Waals surface area contributed by atoms with Crippen molar-refractivity contribution in [3.8, 4) is 37.0 Å². The van der Waals surface area contributed by atoms with E-state index in [1.807, 2.05) is 0 Å². The van der Waals surface area contributed by atoms with Crippen LogP contribution in [0.2, 0.25) is 0 Å². The van der Waals surface area contributed by atoms with Gasteiger partial charge in [-0.05, 0) is 30.6 Å². The molecule has 0 aliphatic rings. The molecule has 0 rings (SSSR count). The van der Waals surface area contributed by atoms with E-state index in [4.69, 9.17) is 19.3 Å². The van der Waals surface area contributed by atoms with E-state index < -0.39 is 0 Å². The Hall–Kier alpha value is -0.880. The van der Waals surface area contributed by atoms with E-state index >= 15 is 0 Å². The molecule has 0 aliphatic carbocycles. The van der Waals surface area contributed by atoms with Crippen LogP contribution in [0.5, 0.6) is 0 Å². The lowest BCUT2D eigenvalue weighted by atomic mass is 10.1. The van der Waals surface area contributed by atoms with E-state index in [1.54, 1.807) is 0 Å². The molecule has 0 bridgehead atoms. The summed E-state index contributed by atoms with van der Waals surface area (Å²) in [7, 11) is 0. The monoisotopic (exact) mass is 379 g/mol. The average molecular weight is 380 g/mol. The second-order valence-electron chi connectivity index (χ2n) is 6.33. The lowest BCUT2D eigenvalue weighted by Crippen LogP contribution is -3.00. The van der Waals surface area contributed by atoms with E-state index in [0.29, 0.717) is 24.1 Å². The zero-order chi connectivity index (χ0) is 16.5. The number of hydrogen-bond acceptors (Lipinski definition) is 0. The highest BCUT2D eigenvalue weighted by Gasteiger charge is 2.23. The molecule has 0 atom stereocenters. The fourth-order valence-corrected chi connectivity index (χ4v) is 2.92. The molecule has 0 aromatic carbocycles. The number of quaternary nitrogens is 1. The largest absolute Gasteiger partial charge is 1.00 e. The quantitative estimate of drug-likeness (QED) is 0.244. The number of nitrogens with zero attached hydrogens (tertiary/aromatic N) is 1. The highest BCUT2D eigenvalue weighted by atomic mass is 79.9. The third-order valence-corrected chi connectivity index (χ3v) is 4.27. The predicted molar refractivity (Wildman–Crippen MR) is 98.1 cm³/mol. The van der Waals surface area contributed by atoms with E-state index in [2.05, 4.69) is 24.7 Å². The molecule has 0 unspecified atom stereocenters. The molecule has 0 heterocycles. The van der Waals surface area contributed by atoms with Crippen molar-refractivity contribution < 1.29 is 21.5 Å². The third kappa shape index (κ3) is 13.3. The highest BCUT2D eigenvalue weighted by molar-refractivity contribution is 4.92. The van der Waals surface area contributed by atoms with Gasteiger partial charge in [0.05, 0.1) is 6.54 Å². The summed E-state index contributed by atoms with van der Waals surface area (Å²) in [6, 6.07) is 0. The normalized spacial score (nSPS) is 10.2. The number of rotatable bonds is 14. The van der Waals surface area contributed by atoms with E-state index in [0.717, 1.165) is 6.54 Å². The molecule has 2 heteroatoms. The fourth-order valence-electron chi connectivity index (χ4n) is 2.92. The van der Waals surface area contributed by atoms with Crippen molar-refractivity contribution in [2.45, 2.75) is 71.1 Å². The van der Waals surface area contributed by atoms with Gasteiger partial charge in [-0.1, -0.05) is 58.3 Å². The van der Waals surface area contributed by atoms with Gasteiger partial charge in [0, 0.05) is 0 Å². The minimum Gasteiger partial charge on any atom is -1.00 e. The Kier molecular flexibility index (Phi) is 18.5. The standard InChI is InChI=1S/C21H34N.BrH/c1-5-9-10-11-12-13-14-15-16-17-21-22(18-6-2,19-7-3)20-8-4;/h2-4H,5,9-21H2,1H3;1H/q+1;/p-1. The predicted octanol–water partition coefficient (Wildman–Crippen LogP) is 1.63. The minimum absolute atomic E-state index is 0. The molecule has 0 aromatic heterocycles. The van der Waals surface area contributed by atoms with Gasteiger partial charge in [-0.3, -0.25) is 4.48 Å². The summed E-state index contributed by atoms with van der Waals surface area (Å²) in [5.74, 6) is 8.23. The van der Waals surface area contributed by atoms with Crippen LogP contribution in [0.4, 0.5) is 0 Å². The van der Waals surface area contributed by atoms with Crippen LogP contribution in [0.25, 0.3) is 0 Å². The maximum absolute atomic E-state index is 5.49. The number of terminal acetylenes is 3. The molecular formula is C21H34BrN. The molecule has 0 aromatic rings. The molecule has 130 valence electrons. The Morgan fingerprint density at radius 3 is 1.30 bits per heavy atom. The number of halogens is 1. The van der Waals surface area contributed by atoms with Crippen LogP contribution in [0.3, 0.4) is 0 Å². The van der Waals surface area contributed by atoms with Gasteiger partial charge < -0.3 is 17.0 Å². The summed E-state index contributed by atoms with van der Waals surface area (Å²) in [5.41, 5.74) is 0. The zero-order valence-corrected chi connectivity index (χ0v) is 16.5. The van der Waals surface area contributed by atoms with Crippen molar-refractivity contribution in [1.29, 1.82) is 0 Å². The van der Waals surface area contributed by atoms with Crippen molar-refractivity contribution >= 4 is 0 Å². The Morgan fingerprint density at radius 1 is 0.609 bits per heavy atom. The van der Waals surface area contributed by atoms with Gasteiger partial charge >= 0.3 is 0 Å². The second-order valence-corrected chi connectivity index (χ2v) is 6.33. The van der Waals surface area contributed by atoms with E-state index in [9.17, 15) is 0 Å². The molecule has 0 N–H and O–H groups in total. The first-order valence-corrected chi connectivity index (χ1v) is 8.90. The van der Waals surface area contributed by atoms with Gasteiger partial charge in [-0.2, -0.15) is 0 Å². The van der Waals surface area contributed by atoms with Crippen LogP contribution >= 0.6 is 0 Å². The molecule has 23 heavy (non-hydrogen) atoms. The lowest BCUT2D eigenvalue weighted by Gasteiger charge is -2.33. The zero-order valence-electron chi connectivity index (χ0n) is 15.0. The third-order valence-electron chi connectivity index (χ3n) is 4.27. The summed E-state index contributed by atoms with van der Waals surface area (Å²) in [6.45, 7) is 5.21. The fraction of sp³-hybridized carbons (Fsp3) is 0.714. The van der Waals surface area contributed by atoms with E-state index in [1.165, 1.54) is 64.2 Å². The van der Waals surface area contributed by atoms with Gasteiger partial charge in [0.2, 0.25) is 0 Å². The molecule has 0 amide bonds. The summed E-state index contributed by atoms with van der Waals surface area (Å²) >= 11 is 0. The van der Waals surface area contributed by atoms with Gasteiger partial charge in [0.1, 0.15) is 19.6 Å². The molecule has 0 aliphatic heterocycles. The van der Waals surface area contributed by atoms with Crippen molar-refractivity contribution in [2.24, 2.45) is 0 Å². The van der Waals surface area contributed by atoms with Crippen LogP contribution in [-0.4, -0.2) is 30.7 Å². The summed E-state index contributed by atoms with van der Waals surface area (Å²) in [5, 5.41) is 0. The summed E-state index contributed by atoms with van der Waals surface area (Å²) < 4.78 is 0.695. The van der Waals surface area contributed by atoms with Crippen molar-refractivity contribution in [1.82, 2.24) is 0 Å². The van der Waals surface area contributed by atoms with Crippen molar-refractivity contribution in [3.05, 3.63) is 0 Å². The van der Waals surface area contributed by atoms with Gasteiger partial charge in [-0.15, -0.1) is 19.3 Å². The summed E-state index contributed by atoms with van der Waals surface area (Å²) in [6.07, 6.45) is 29.9. The molecule has 0 radical (unpaired) electrons. The Labute approximate surface area is 156 Å². The topological polar surface area (TPSA) is 0 Å². The molecule has 0 spiro atoms. The SMILES string of the molecule is C#CC[N+](CC#C)(CC#C)CCCCCCCCCCCC.[Br-]. The first-order chi connectivity index (χ1) is 10.7. The van der Waals surface area contributed by atoms with Crippen LogP contribution in [0, 0.1) is 37.0 Å². The minimum atomic E-state index is 0. The van der Waals surface area contributed by atoms with Crippen molar-refractivity contribution in [2.75, 3.05) is 26.2 Å². The van der Waals surface area contributed by atoms with E-state index in [-0.39, 0.29) is 17.0 Å². The molecule has 0 saturated carbocycles. The maximum Gasteiger partial charge on any atom is 0.142 e. The van der Waals surface area contributed by atoms with Crippen molar-refractivity contribution in [3.63, 3.8) is 0 Å². The first kappa shape index (κ1) is 24.4. The second kappa shape index (κ2) is 17.5. The Morgan fingerprint density at radius 2 is 0.957 bits per heavy atom. The van der Waals surface area contributed by atoms with Crippen LogP contribution in [-0.2, 0) is 0 Å². The molecular weight excluding hydrogens is 346 g/mol. The van der Waals surface area contributed by atoms with Gasteiger partial charge in [-0.25, -0.2) is 0 Å². The first-order valence-electron chi connectivity index (χ1n) is 8.90. The van der Waals surface area contributed by atoms with Crippen LogP contribution in [0.15, 0.2) is 0 Å². The van der Waals surface area contributed by atoms with Gasteiger partial charge in [0.15, 0.2) is 0 Å².